The Morgan fingerprint density at radius 1 is 0.196 bits per heavy atom. The van der Waals surface area contributed by atoms with Crippen LogP contribution in [0.4, 0.5) is 0 Å². The van der Waals surface area contributed by atoms with E-state index in [4.69, 9.17) is 0 Å². The lowest BCUT2D eigenvalue weighted by molar-refractivity contribution is 1.36. The third kappa shape index (κ3) is 8.51. The van der Waals surface area contributed by atoms with Crippen LogP contribution in [0.15, 0.2) is 146 Å². The summed E-state index contributed by atoms with van der Waals surface area (Å²) in [7, 11) is 46.4. The van der Waals surface area contributed by atoms with Crippen LogP contribution in [0.2, 0.25) is 0 Å². The summed E-state index contributed by atoms with van der Waals surface area (Å²) < 4.78 is 10.7. The topological polar surface area (TPSA) is 8.82 Å². The Bertz CT molecular complexity index is 6430. The van der Waals surface area contributed by atoms with E-state index in [0.717, 1.165) is 0 Å². The largest absolute Gasteiger partial charge is 0.308 e. The van der Waals surface area contributed by atoms with Gasteiger partial charge in [0.05, 0.1) is 33.1 Å². The molecular formula is C78H64B20N2S2. The molecule has 102 heavy (non-hydrogen) atoms. The molecule has 0 aliphatic rings. The molecule has 0 bridgehead atoms. The van der Waals surface area contributed by atoms with Crippen molar-refractivity contribution >= 4 is 405 Å². The Morgan fingerprint density at radius 2 is 0.471 bits per heavy atom. The van der Waals surface area contributed by atoms with Crippen LogP contribution >= 0.6 is 22.7 Å². The fraction of sp³-hybridized carbons (Fsp3) is 0. The third-order valence-electron chi connectivity index (χ3n) is 26.6. The van der Waals surface area contributed by atoms with Gasteiger partial charge in [-0.2, -0.15) is 0 Å². The number of thiophene rings is 2. The monoisotopic (exact) mass is 1310 g/mol. The summed E-state index contributed by atoms with van der Waals surface area (Å²) in [6.45, 7) is 0. The van der Waals surface area contributed by atoms with Gasteiger partial charge in [-0.25, -0.2) is 0 Å². The second kappa shape index (κ2) is 22.4. The van der Waals surface area contributed by atoms with Crippen molar-refractivity contribution in [3.63, 3.8) is 0 Å². The first-order valence-corrected chi connectivity index (χ1v) is 38.2. The average molecular weight is 1310 g/mol. The molecule has 0 unspecified atom stereocenters. The van der Waals surface area contributed by atoms with Crippen molar-refractivity contribution in [2.75, 3.05) is 0 Å². The first-order chi connectivity index (χ1) is 48.9. The Kier molecular flexibility index (Phi) is 14.0. The Hall–Kier alpha value is -8.80. The van der Waals surface area contributed by atoms with Gasteiger partial charge in [-0.3, -0.25) is 0 Å². The number of rotatable bonds is 6. The number of nitrogens with zero attached hydrogens (tertiary/aromatic N) is 2. The third-order valence-corrected chi connectivity index (χ3v) is 29.0. The minimum absolute atomic E-state index is 1.23. The number of hydrogen-bond donors (Lipinski definition) is 0. The zero-order valence-electron chi connectivity index (χ0n) is 62.6. The van der Waals surface area contributed by atoms with Gasteiger partial charge in [-0.15, -0.1) is 88.2 Å². The van der Waals surface area contributed by atoms with Gasteiger partial charge in [0.2, 0.25) is 0 Å². The molecule has 0 spiro atoms. The number of benzene rings is 13. The summed E-state index contributed by atoms with van der Waals surface area (Å²) in [5.74, 6) is 0. The number of fused-ring (bicyclic) bond motifs is 20. The molecular weight excluding hydrogens is 1250 g/mol. The molecule has 19 aromatic rings. The highest BCUT2D eigenvalue weighted by Gasteiger charge is 2.29. The van der Waals surface area contributed by atoms with Crippen molar-refractivity contribution in [2.24, 2.45) is 0 Å². The van der Waals surface area contributed by atoms with E-state index < -0.39 is 0 Å². The van der Waals surface area contributed by atoms with Gasteiger partial charge in [0.25, 0.3) is 0 Å². The van der Waals surface area contributed by atoms with E-state index >= 15 is 0 Å². The minimum atomic E-state index is 1.23. The van der Waals surface area contributed by atoms with Gasteiger partial charge in [0.15, 0.2) is 0 Å². The van der Waals surface area contributed by atoms with E-state index in [0.29, 0.717) is 0 Å². The van der Waals surface area contributed by atoms with Gasteiger partial charge in [0.1, 0.15) is 157 Å². The average Bonchev–Trinajstić information content (AvgIpc) is 1.50. The molecule has 2 nitrogen and oxygen atoms in total. The molecule has 0 amide bonds. The highest BCUT2D eigenvalue weighted by molar-refractivity contribution is 7.27. The smallest absolute Gasteiger partial charge is 0.139 e. The summed E-state index contributed by atoms with van der Waals surface area (Å²) in [6.07, 6.45) is 0. The predicted octanol–water partition coefficient (Wildman–Crippen LogP) is -12.1. The summed E-state index contributed by atoms with van der Waals surface area (Å²) in [6, 6.07) is 58.4. The Morgan fingerprint density at radius 3 is 0.775 bits per heavy atom. The predicted molar refractivity (Wildman–Crippen MR) is 518 cm³/mol. The second-order valence-corrected chi connectivity index (χ2v) is 33.0. The van der Waals surface area contributed by atoms with E-state index in [1.165, 1.54) is 293 Å². The van der Waals surface area contributed by atoms with E-state index in [-0.39, 0.29) is 0 Å². The Labute approximate surface area is 621 Å². The molecule has 6 aromatic heterocycles. The molecule has 0 aliphatic carbocycles. The second-order valence-electron chi connectivity index (χ2n) is 30.9. The molecule has 19 rings (SSSR count). The molecule has 458 valence electrons. The molecule has 6 heterocycles. The van der Waals surface area contributed by atoms with Crippen LogP contribution < -0.4 is 109 Å². The van der Waals surface area contributed by atoms with Crippen LogP contribution in [0.1, 0.15) is 0 Å². The molecule has 0 fully saturated rings. The van der Waals surface area contributed by atoms with Crippen molar-refractivity contribution in [1.82, 2.24) is 8.80 Å². The normalized spacial score (nSPS) is 12.3. The van der Waals surface area contributed by atoms with E-state index in [1.807, 2.05) is 22.7 Å². The van der Waals surface area contributed by atoms with Crippen LogP contribution in [0.3, 0.4) is 0 Å². The Balaban J connectivity index is 0.885. The lowest BCUT2D eigenvalue weighted by Crippen LogP contribution is -2.55. The van der Waals surface area contributed by atoms with E-state index in [9.17, 15) is 0 Å². The maximum Gasteiger partial charge on any atom is 0.139 e. The van der Waals surface area contributed by atoms with Crippen molar-refractivity contribution < 1.29 is 0 Å². The van der Waals surface area contributed by atoms with Crippen molar-refractivity contribution in [1.29, 1.82) is 0 Å². The maximum absolute atomic E-state index is 2.65. The van der Waals surface area contributed by atoms with Gasteiger partial charge in [-0.05, 0) is 164 Å². The summed E-state index contributed by atoms with van der Waals surface area (Å²) >= 11 is 3.90. The molecule has 0 radical (unpaired) electrons. The van der Waals surface area contributed by atoms with Gasteiger partial charge in [0, 0.05) is 83.4 Å². The quantitative estimate of drug-likeness (QED) is 0.147. The van der Waals surface area contributed by atoms with E-state index in [2.05, 4.69) is 311 Å². The molecule has 0 saturated heterocycles. The van der Waals surface area contributed by atoms with Crippen molar-refractivity contribution in [3.05, 3.63) is 146 Å². The van der Waals surface area contributed by atoms with Crippen LogP contribution in [0.25, 0.3) is 183 Å². The first-order valence-electron chi connectivity index (χ1n) is 36.6. The molecule has 0 N–H and O–H groups in total. The zero-order valence-corrected chi connectivity index (χ0v) is 64.2. The summed E-state index contributed by atoms with van der Waals surface area (Å²) in [5.41, 5.74) is 50.6. The van der Waals surface area contributed by atoms with Crippen LogP contribution in [-0.4, -0.2) is 166 Å². The maximum atomic E-state index is 2.65. The fourth-order valence-corrected chi connectivity index (χ4v) is 21.8. The summed E-state index contributed by atoms with van der Waals surface area (Å²) in [4.78, 5) is 0. The van der Waals surface area contributed by atoms with Crippen molar-refractivity contribution in [3.8, 4) is 66.8 Å². The molecule has 13 aromatic carbocycles. The van der Waals surface area contributed by atoms with Crippen molar-refractivity contribution in [2.45, 2.75) is 0 Å². The molecule has 24 heteroatoms. The standard InChI is InChI=1S/C78H64B20N2S2/c79-55-49(56(80)64(88)71(95)63(55)87)29-13-27(14-30(17-29)50-57(81)65(89)72(96)66(90)58(50)82)25-9-11-43-41(19-25)53-75-37(21-39-33-5-1-3-7-47(33)101-77(39)53)35-23-46-36(24-45(35)99(43)75)38-22-40-34-6-2-4-8-48(34)102-78(40)54-42-20-26(10-12-44(42)100(46)76(38)54)28-15-31(51-59(83)67(91)73(97)68(92)60(51)84)18-32(16-28)52-61(85)69(93)74(98)70(94)62(52)86/h1-24H,79-98H2. The zero-order chi connectivity index (χ0) is 70.7. The number of hydrogen-bond acceptors (Lipinski definition) is 2. The molecule has 0 saturated carbocycles. The van der Waals surface area contributed by atoms with Gasteiger partial charge >= 0.3 is 0 Å². The first kappa shape index (κ1) is 64.1. The van der Waals surface area contributed by atoms with Crippen LogP contribution in [0, 0.1) is 0 Å². The number of aromatic nitrogens is 2. The van der Waals surface area contributed by atoms with Crippen LogP contribution in [-0.2, 0) is 0 Å². The minimum Gasteiger partial charge on any atom is -0.308 e. The van der Waals surface area contributed by atoms with Gasteiger partial charge in [-0.1, -0.05) is 92.2 Å². The van der Waals surface area contributed by atoms with Gasteiger partial charge < -0.3 is 8.80 Å². The van der Waals surface area contributed by atoms with E-state index in [1.54, 1.807) is 0 Å². The lowest BCUT2D eigenvalue weighted by Gasteiger charge is -2.24. The summed E-state index contributed by atoms with van der Waals surface area (Å²) in [5, 5.41) is 15.7. The highest BCUT2D eigenvalue weighted by atomic mass is 32.1. The molecule has 0 atom stereocenters. The molecule has 0 aliphatic heterocycles. The lowest BCUT2D eigenvalue weighted by atomic mass is 9.59. The fourth-order valence-electron chi connectivity index (χ4n) is 19.3. The van der Waals surface area contributed by atoms with Crippen LogP contribution in [0.5, 0.6) is 0 Å². The highest BCUT2D eigenvalue weighted by Crippen LogP contribution is 2.53. The SMILES string of the molecule is Bc1c(B)c(B)c(-c2cc(-c3ccc4c(c3)c3c5sc6ccccc6c5cc5c6cc7c(cc6n4c53)c3cc4c5ccccc5sc4c4c5cc(-c6cc(-c8c(B)c(B)c(B)c(B)c8B)cc(-c8c(B)c(B)c(B)c(B)c8B)c6)ccc5n7c34)cc(-c3c(B)c(B)c(B)c(B)c3B)c2)c(B)c1B.